The summed E-state index contributed by atoms with van der Waals surface area (Å²) in [4.78, 5) is 14.6. The first kappa shape index (κ1) is 17.3. The molecular formula is C21H27NO. The van der Waals surface area contributed by atoms with Gasteiger partial charge >= 0.3 is 0 Å². The standard InChI is InChI=1S/C21H27NO/c1-2-3-4-11-16-21(23)22(17-19-12-7-5-8-13-19)18-20-14-9-6-10-15-20/h5-10,12-15H,2-4,11,16-18H2,1H3. The van der Waals surface area contributed by atoms with Crippen LogP contribution in [0.1, 0.15) is 50.2 Å². The molecule has 122 valence electrons. The summed E-state index contributed by atoms with van der Waals surface area (Å²) >= 11 is 0. The van der Waals surface area contributed by atoms with Crippen LogP contribution in [0.15, 0.2) is 60.7 Å². The fraction of sp³-hybridized carbons (Fsp3) is 0.381. The highest BCUT2D eigenvalue weighted by Crippen LogP contribution is 2.13. The van der Waals surface area contributed by atoms with E-state index in [0.29, 0.717) is 19.5 Å². The largest absolute Gasteiger partial charge is 0.334 e. The number of nitrogens with zero attached hydrogens (tertiary/aromatic N) is 1. The van der Waals surface area contributed by atoms with E-state index < -0.39 is 0 Å². The second-order valence-corrected chi connectivity index (χ2v) is 6.03. The summed E-state index contributed by atoms with van der Waals surface area (Å²) < 4.78 is 0. The zero-order valence-corrected chi connectivity index (χ0v) is 14.1. The molecule has 0 saturated heterocycles. The van der Waals surface area contributed by atoms with E-state index in [1.54, 1.807) is 0 Å². The first-order valence-electron chi connectivity index (χ1n) is 8.65. The lowest BCUT2D eigenvalue weighted by Gasteiger charge is -2.23. The minimum atomic E-state index is 0.258. The zero-order chi connectivity index (χ0) is 16.3. The van der Waals surface area contributed by atoms with E-state index in [0.717, 1.165) is 12.8 Å². The molecule has 0 atom stereocenters. The molecular weight excluding hydrogens is 282 g/mol. The monoisotopic (exact) mass is 309 g/mol. The molecule has 0 unspecified atom stereocenters. The number of hydrogen-bond acceptors (Lipinski definition) is 1. The van der Waals surface area contributed by atoms with Gasteiger partial charge in [-0.3, -0.25) is 4.79 Å². The van der Waals surface area contributed by atoms with Gasteiger partial charge < -0.3 is 4.90 Å². The van der Waals surface area contributed by atoms with E-state index in [4.69, 9.17) is 0 Å². The van der Waals surface area contributed by atoms with Crippen LogP contribution in [0.5, 0.6) is 0 Å². The van der Waals surface area contributed by atoms with E-state index in [1.165, 1.54) is 24.0 Å². The smallest absolute Gasteiger partial charge is 0.223 e. The molecule has 0 saturated carbocycles. The maximum atomic E-state index is 12.6. The minimum Gasteiger partial charge on any atom is -0.334 e. The van der Waals surface area contributed by atoms with Crippen molar-refractivity contribution in [3.63, 3.8) is 0 Å². The molecule has 0 aliphatic rings. The summed E-state index contributed by atoms with van der Waals surface area (Å²) in [6.07, 6.45) is 5.20. The lowest BCUT2D eigenvalue weighted by molar-refractivity contribution is -0.132. The molecule has 0 aliphatic carbocycles. The van der Waals surface area contributed by atoms with Crippen molar-refractivity contribution < 1.29 is 4.79 Å². The molecule has 0 heterocycles. The Balaban J connectivity index is 2.00. The molecule has 0 fully saturated rings. The van der Waals surface area contributed by atoms with Gasteiger partial charge in [0.25, 0.3) is 0 Å². The van der Waals surface area contributed by atoms with Crippen LogP contribution < -0.4 is 0 Å². The van der Waals surface area contributed by atoms with Crippen molar-refractivity contribution in [1.29, 1.82) is 0 Å². The van der Waals surface area contributed by atoms with Crippen LogP contribution in [0.25, 0.3) is 0 Å². The van der Waals surface area contributed by atoms with Gasteiger partial charge in [0.15, 0.2) is 0 Å². The summed E-state index contributed by atoms with van der Waals surface area (Å²) in [6.45, 7) is 3.56. The van der Waals surface area contributed by atoms with Crippen LogP contribution in [0.3, 0.4) is 0 Å². The molecule has 2 rings (SSSR count). The fourth-order valence-electron chi connectivity index (χ4n) is 2.70. The summed E-state index contributed by atoms with van der Waals surface area (Å²) in [6, 6.07) is 20.5. The summed E-state index contributed by atoms with van der Waals surface area (Å²) in [7, 11) is 0. The predicted octanol–water partition coefficient (Wildman–Crippen LogP) is 5.19. The highest BCUT2D eigenvalue weighted by Gasteiger charge is 2.14. The summed E-state index contributed by atoms with van der Waals surface area (Å²) in [5.74, 6) is 0.258. The molecule has 0 radical (unpaired) electrons. The van der Waals surface area contributed by atoms with Crippen molar-refractivity contribution in [2.75, 3.05) is 0 Å². The van der Waals surface area contributed by atoms with Crippen LogP contribution >= 0.6 is 0 Å². The average Bonchev–Trinajstić information content (AvgIpc) is 2.60. The molecule has 23 heavy (non-hydrogen) atoms. The summed E-state index contributed by atoms with van der Waals surface area (Å²) in [5, 5.41) is 0. The van der Waals surface area contributed by atoms with Crippen LogP contribution in [0.2, 0.25) is 0 Å². The van der Waals surface area contributed by atoms with Gasteiger partial charge in [-0.1, -0.05) is 86.8 Å². The topological polar surface area (TPSA) is 20.3 Å². The molecule has 0 aliphatic heterocycles. The fourth-order valence-corrected chi connectivity index (χ4v) is 2.70. The van der Waals surface area contributed by atoms with Gasteiger partial charge in [-0.05, 0) is 17.5 Å². The first-order chi connectivity index (χ1) is 11.3. The number of carbonyl (C=O) groups excluding carboxylic acids is 1. The van der Waals surface area contributed by atoms with Crippen molar-refractivity contribution in [3.05, 3.63) is 71.8 Å². The Hall–Kier alpha value is -2.09. The zero-order valence-electron chi connectivity index (χ0n) is 14.1. The molecule has 2 nitrogen and oxygen atoms in total. The van der Waals surface area contributed by atoms with Crippen LogP contribution in [0.4, 0.5) is 0 Å². The maximum Gasteiger partial charge on any atom is 0.223 e. The van der Waals surface area contributed by atoms with E-state index >= 15 is 0 Å². The lowest BCUT2D eigenvalue weighted by atomic mass is 10.1. The Morgan fingerprint density at radius 3 is 1.78 bits per heavy atom. The second kappa shape index (κ2) is 9.83. The van der Waals surface area contributed by atoms with Gasteiger partial charge in [-0.25, -0.2) is 0 Å². The molecule has 1 amide bonds. The number of benzene rings is 2. The molecule has 2 heteroatoms. The van der Waals surface area contributed by atoms with Gasteiger partial charge in [0, 0.05) is 19.5 Å². The Kier molecular flexibility index (Phi) is 7.38. The van der Waals surface area contributed by atoms with Crippen molar-refractivity contribution >= 4 is 5.91 Å². The third kappa shape index (κ3) is 6.27. The van der Waals surface area contributed by atoms with Crippen molar-refractivity contribution in [1.82, 2.24) is 4.90 Å². The van der Waals surface area contributed by atoms with Crippen molar-refractivity contribution in [3.8, 4) is 0 Å². The van der Waals surface area contributed by atoms with E-state index in [-0.39, 0.29) is 5.91 Å². The molecule has 2 aromatic rings. The van der Waals surface area contributed by atoms with Gasteiger partial charge in [-0.2, -0.15) is 0 Å². The van der Waals surface area contributed by atoms with Crippen molar-refractivity contribution in [2.24, 2.45) is 0 Å². The number of amides is 1. The Labute approximate surface area is 140 Å². The van der Waals surface area contributed by atoms with Gasteiger partial charge in [-0.15, -0.1) is 0 Å². The number of unbranched alkanes of at least 4 members (excludes halogenated alkanes) is 3. The van der Waals surface area contributed by atoms with E-state index in [1.807, 2.05) is 41.3 Å². The third-order valence-electron chi connectivity index (χ3n) is 4.03. The average molecular weight is 309 g/mol. The predicted molar refractivity (Wildman–Crippen MR) is 95.9 cm³/mol. The minimum absolute atomic E-state index is 0.258. The quantitative estimate of drug-likeness (QED) is 0.584. The van der Waals surface area contributed by atoms with Gasteiger partial charge in [0.05, 0.1) is 0 Å². The van der Waals surface area contributed by atoms with E-state index in [2.05, 4.69) is 31.2 Å². The number of hydrogen-bond donors (Lipinski definition) is 0. The molecule has 0 N–H and O–H groups in total. The number of carbonyl (C=O) groups is 1. The Morgan fingerprint density at radius 2 is 1.30 bits per heavy atom. The normalized spacial score (nSPS) is 10.5. The van der Waals surface area contributed by atoms with Crippen LogP contribution in [-0.4, -0.2) is 10.8 Å². The van der Waals surface area contributed by atoms with Gasteiger partial charge in [0.2, 0.25) is 5.91 Å². The molecule has 0 aromatic heterocycles. The lowest BCUT2D eigenvalue weighted by Crippen LogP contribution is -2.29. The van der Waals surface area contributed by atoms with Crippen molar-refractivity contribution in [2.45, 2.75) is 52.1 Å². The highest BCUT2D eigenvalue weighted by atomic mass is 16.2. The third-order valence-corrected chi connectivity index (χ3v) is 4.03. The second-order valence-electron chi connectivity index (χ2n) is 6.03. The first-order valence-corrected chi connectivity index (χ1v) is 8.65. The summed E-state index contributed by atoms with van der Waals surface area (Å²) in [5.41, 5.74) is 2.37. The van der Waals surface area contributed by atoms with E-state index in [9.17, 15) is 4.79 Å². The SMILES string of the molecule is CCCCCCC(=O)N(Cc1ccccc1)Cc1ccccc1. The Morgan fingerprint density at radius 1 is 0.783 bits per heavy atom. The number of rotatable bonds is 9. The molecule has 0 bridgehead atoms. The maximum absolute atomic E-state index is 12.6. The molecule has 0 spiro atoms. The highest BCUT2D eigenvalue weighted by molar-refractivity contribution is 5.76. The Bertz CT molecular complexity index is 523. The van der Waals surface area contributed by atoms with Crippen LogP contribution in [0, 0.1) is 0 Å². The van der Waals surface area contributed by atoms with Crippen LogP contribution in [-0.2, 0) is 17.9 Å². The molecule has 2 aromatic carbocycles. The van der Waals surface area contributed by atoms with Gasteiger partial charge in [0.1, 0.15) is 0 Å².